The molecule has 1 fully saturated rings. The molecule has 1 heterocycles. The highest BCUT2D eigenvalue weighted by Crippen LogP contribution is 2.13. The summed E-state index contributed by atoms with van der Waals surface area (Å²) < 4.78 is 15.7. The summed E-state index contributed by atoms with van der Waals surface area (Å²) >= 11 is 3.38. The zero-order valence-electron chi connectivity index (χ0n) is 10.4. The smallest absolute Gasteiger partial charge is 0.248 e. The molecule has 1 aliphatic heterocycles. The quantitative estimate of drug-likeness (QED) is 0.534. The van der Waals surface area contributed by atoms with Crippen LogP contribution in [0.4, 0.5) is 0 Å². The molecule has 100 valence electrons. The van der Waals surface area contributed by atoms with Gasteiger partial charge >= 0.3 is 0 Å². The van der Waals surface area contributed by atoms with Crippen LogP contribution in [0.3, 0.4) is 0 Å². The van der Waals surface area contributed by atoms with E-state index in [9.17, 15) is 4.79 Å². The molecule has 0 N–H and O–H groups in total. The molecular weight excluding hydrogens is 290 g/mol. The minimum absolute atomic E-state index is 0.0159. The van der Waals surface area contributed by atoms with Crippen molar-refractivity contribution < 1.29 is 19.0 Å². The number of halogens is 1. The van der Waals surface area contributed by atoms with Crippen molar-refractivity contribution in [2.24, 2.45) is 0 Å². The van der Waals surface area contributed by atoms with E-state index in [1.807, 2.05) is 6.92 Å². The first-order chi connectivity index (χ1) is 8.17. The molecule has 17 heavy (non-hydrogen) atoms. The maximum Gasteiger partial charge on any atom is 0.248 e. The second-order valence-corrected chi connectivity index (χ2v) is 4.71. The Hall–Kier alpha value is -0.170. The number of carbonyl (C=O) groups is 1. The molecule has 1 saturated heterocycles. The molecule has 6 heteroatoms. The van der Waals surface area contributed by atoms with Crippen LogP contribution in [-0.4, -0.2) is 68.4 Å². The zero-order valence-corrected chi connectivity index (χ0v) is 11.9. The van der Waals surface area contributed by atoms with Crippen molar-refractivity contribution in [3.8, 4) is 0 Å². The van der Waals surface area contributed by atoms with Crippen molar-refractivity contribution in [2.45, 2.75) is 19.1 Å². The fourth-order valence-corrected chi connectivity index (χ4v) is 2.08. The van der Waals surface area contributed by atoms with Crippen LogP contribution in [0.15, 0.2) is 0 Å². The highest BCUT2D eigenvalue weighted by atomic mass is 79.9. The van der Waals surface area contributed by atoms with Crippen molar-refractivity contribution in [1.29, 1.82) is 0 Å². The Morgan fingerprint density at radius 2 is 2.24 bits per heavy atom. The number of rotatable bonds is 6. The summed E-state index contributed by atoms with van der Waals surface area (Å²) in [6.07, 6.45) is 0.149. The molecule has 0 radical (unpaired) electrons. The summed E-state index contributed by atoms with van der Waals surface area (Å²) in [6.45, 7) is 4.31. The number of hydrogen-bond donors (Lipinski definition) is 0. The van der Waals surface area contributed by atoms with E-state index in [1.54, 1.807) is 12.0 Å². The minimum atomic E-state index is 0.0159. The molecule has 2 unspecified atom stereocenters. The molecule has 5 nitrogen and oxygen atoms in total. The first kappa shape index (κ1) is 14.9. The highest BCUT2D eigenvalue weighted by molar-refractivity contribution is 9.09. The summed E-state index contributed by atoms with van der Waals surface area (Å²) in [6, 6.07) is 0. The lowest BCUT2D eigenvalue weighted by atomic mass is 10.2. The lowest BCUT2D eigenvalue weighted by molar-refractivity contribution is -0.147. The Bertz CT molecular complexity index is 240. The average molecular weight is 310 g/mol. The molecule has 1 aliphatic rings. The normalized spacial score (nSPS) is 25.0. The zero-order chi connectivity index (χ0) is 12.7. The minimum Gasteiger partial charge on any atom is -0.382 e. The first-order valence-corrected chi connectivity index (χ1v) is 6.85. The molecule has 0 saturated carbocycles. The van der Waals surface area contributed by atoms with E-state index in [2.05, 4.69) is 15.9 Å². The monoisotopic (exact) mass is 309 g/mol. The number of ether oxygens (including phenoxy) is 3. The maximum atomic E-state index is 11.9. The lowest BCUT2D eigenvalue weighted by Crippen LogP contribution is -2.50. The Morgan fingerprint density at radius 3 is 2.88 bits per heavy atom. The predicted octanol–water partition coefficient (Wildman–Crippen LogP) is 0.660. The van der Waals surface area contributed by atoms with E-state index in [0.717, 1.165) is 5.33 Å². The molecule has 0 aromatic heterocycles. The van der Waals surface area contributed by atoms with Crippen molar-refractivity contribution >= 4 is 21.8 Å². The number of methoxy groups -OCH3 is 1. The van der Waals surface area contributed by atoms with E-state index in [0.29, 0.717) is 26.3 Å². The third-order valence-corrected chi connectivity index (χ3v) is 3.23. The van der Waals surface area contributed by atoms with Gasteiger partial charge in [0, 0.05) is 25.5 Å². The molecule has 2 atom stereocenters. The van der Waals surface area contributed by atoms with Crippen LogP contribution in [0.25, 0.3) is 0 Å². The van der Waals surface area contributed by atoms with Gasteiger partial charge in [-0.05, 0) is 6.92 Å². The second-order valence-electron chi connectivity index (χ2n) is 4.07. The van der Waals surface area contributed by atoms with Crippen molar-refractivity contribution in [1.82, 2.24) is 4.90 Å². The van der Waals surface area contributed by atoms with Gasteiger partial charge in [-0.1, -0.05) is 15.9 Å². The van der Waals surface area contributed by atoms with Gasteiger partial charge in [-0.3, -0.25) is 4.79 Å². The first-order valence-electron chi connectivity index (χ1n) is 5.73. The van der Waals surface area contributed by atoms with Crippen LogP contribution in [0.5, 0.6) is 0 Å². The third kappa shape index (κ3) is 5.33. The number of alkyl halides is 1. The average Bonchev–Trinajstić information content (AvgIpc) is 2.33. The van der Waals surface area contributed by atoms with Crippen LogP contribution >= 0.6 is 15.9 Å². The summed E-state index contributed by atoms with van der Waals surface area (Å²) in [7, 11) is 1.61. The Labute approximate surface area is 111 Å². The van der Waals surface area contributed by atoms with E-state index in [-0.39, 0.29) is 24.7 Å². The van der Waals surface area contributed by atoms with Crippen molar-refractivity contribution in [2.75, 3.05) is 45.4 Å². The molecule has 0 spiro atoms. The van der Waals surface area contributed by atoms with E-state index in [4.69, 9.17) is 14.2 Å². The van der Waals surface area contributed by atoms with E-state index >= 15 is 0 Å². The highest BCUT2D eigenvalue weighted by Gasteiger charge is 2.27. The number of nitrogens with zero attached hydrogens (tertiary/aromatic N) is 1. The predicted molar refractivity (Wildman–Crippen MR) is 67.4 cm³/mol. The standard InChI is InChI=1S/C11H20BrNO4/c1-9-6-13(7-10(5-12)17-9)11(14)8-16-4-3-15-2/h9-10H,3-8H2,1-2H3. The van der Waals surface area contributed by atoms with Crippen LogP contribution in [0, 0.1) is 0 Å². The molecular formula is C11H20BrNO4. The van der Waals surface area contributed by atoms with E-state index < -0.39 is 0 Å². The second kappa shape index (κ2) is 8.02. The largest absolute Gasteiger partial charge is 0.382 e. The van der Waals surface area contributed by atoms with Crippen LogP contribution in [0.2, 0.25) is 0 Å². The summed E-state index contributed by atoms with van der Waals surface area (Å²) in [5.74, 6) is 0.0159. The fraction of sp³-hybridized carbons (Fsp3) is 0.909. The van der Waals surface area contributed by atoms with Gasteiger partial charge in [-0.25, -0.2) is 0 Å². The van der Waals surface area contributed by atoms with Gasteiger partial charge in [0.05, 0.1) is 25.4 Å². The molecule has 0 aromatic carbocycles. The van der Waals surface area contributed by atoms with Crippen molar-refractivity contribution in [3.63, 3.8) is 0 Å². The molecule has 1 amide bonds. The van der Waals surface area contributed by atoms with Gasteiger partial charge in [0.2, 0.25) is 5.91 Å². The maximum absolute atomic E-state index is 11.9. The number of amides is 1. The van der Waals surface area contributed by atoms with Gasteiger partial charge in [-0.2, -0.15) is 0 Å². The molecule has 0 aromatic rings. The number of morpholine rings is 1. The lowest BCUT2D eigenvalue weighted by Gasteiger charge is -2.36. The molecule has 0 aliphatic carbocycles. The van der Waals surface area contributed by atoms with Gasteiger partial charge < -0.3 is 19.1 Å². The topological polar surface area (TPSA) is 48.0 Å². The number of carbonyl (C=O) groups excluding carboxylic acids is 1. The summed E-state index contributed by atoms with van der Waals surface area (Å²) in [4.78, 5) is 13.7. The SMILES string of the molecule is COCCOCC(=O)N1CC(C)OC(CBr)C1. The third-order valence-electron chi connectivity index (χ3n) is 2.51. The van der Waals surface area contributed by atoms with Crippen molar-refractivity contribution in [3.05, 3.63) is 0 Å². The van der Waals surface area contributed by atoms with Crippen LogP contribution in [-0.2, 0) is 19.0 Å². The van der Waals surface area contributed by atoms with Gasteiger partial charge in [0.1, 0.15) is 6.61 Å². The number of hydrogen-bond acceptors (Lipinski definition) is 4. The van der Waals surface area contributed by atoms with Gasteiger partial charge in [-0.15, -0.1) is 0 Å². The fourth-order valence-electron chi connectivity index (χ4n) is 1.73. The van der Waals surface area contributed by atoms with Gasteiger partial charge in [0.15, 0.2) is 0 Å². The summed E-state index contributed by atoms with van der Waals surface area (Å²) in [5.41, 5.74) is 0. The van der Waals surface area contributed by atoms with Crippen LogP contribution in [0.1, 0.15) is 6.92 Å². The summed E-state index contributed by atoms with van der Waals surface area (Å²) in [5, 5.41) is 0.742. The van der Waals surface area contributed by atoms with E-state index in [1.165, 1.54) is 0 Å². The Kier molecular flexibility index (Phi) is 7.03. The Morgan fingerprint density at radius 1 is 1.47 bits per heavy atom. The Balaban J connectivity index is 2.29. The molecule has 1 rings (SSSR count). The molecule has 0 bridgehead atoms. The van der Waals surface area contributed by atoms with Gasteiger partial charge in [0.25, 0.3) is 0 Å². The van der Waals surface area contributed by atoms with Crippen LogP contribution < -0.4 is 0 Å².